The summed E-state index contributed by atoms with van der Waals surface area (Å²) in [6.07, 6.45) is 9.17. The second kappa shape index (κ2) is 5.26. The number of aliphatic imine (C=N–C) groups is 1. The zero-order chi connectivity index (χ0) is 12.3. The molecular weight excluding hydrogens is 329 g/mol. The minimum atomic E-state index is 0.856. The van der Waals surface area contributed by atoms with Gasteiger partial charge in [-0.3, -0.25) is 9.39 Å². The number of imidazole rings is 1. The van der Waals surface area contributed by atoms with Crippen LogP contribution in [0.4, 0.5) is 0 Å². The Morgan fingerprint density at radius 1 is 1.53 bits per heavy atom. The Hall–Kier alpha value is -1.44. The Labute approximate surface area is 113 Å². The Bertz CT molecular complexity index is 585. The molecule has 0 saturated heterocycles. The second-order valence-corrected chi connectivity index (χ2v) is 4.35. The molecule has 6 heteroatoms. The highest BCUT2D eigenvalue weighted by molar-refractivity contribution is 14.1. The maximum atomic E-state index is 4.37. The summed E-state index contributed by atoms with van der Waals surface area (Å²) in [7, 11) is 3.61. The maximum Gasteiger partial charge on any atom is 0.169 e. The summed E-state index contributed by atoms with van der Waals surface area (Å²) in [5, 5.41) is 3.01. The quantitative estimate of drug-likeness (QED) is 0.682. The Balaban J connectivity index is 2.62. The van der Waals surface area contributed by atoms with Gasteiger partial charge in [0.05, 0.1) is 11.9 Å². The van der Waals surface area contributed by atoms with E-state index in [2.05, 4.69) is 42.9 Å². The number of nitrogens with zero attached hydrogens (tertiary/aromatic N) is 4. The average molecular weight is 341 g/mol. The average Bonchev–Trinajstić information content (AvgIpc) is 2.74. The van der Waals surface area contributed by atoms with Crippen LogP contribution in [-0.4, -0.2) is 34.7 Å². The smallest absolute Gasteiger partial charge is 0.169 e. The molecule has 0 atom stereocenters. The van der Waals surface area contributed by atoms with Crippen LogP contribution in [0.15, 0.2) is 29.8 Å². The van der Waals surface area contributed by atoms with E-state index in [1.54, 1.807) is 19.5 Å². The van der Waals surface area contributed by atoms with E-state index in [1.165, 1.54) is 0 Å². The number of allylic oxidation sites excluding steroid dienone is 1. The topological polar surface area (TPSA) is 54.6 Å². The third kappa shape index (κ3) is 2.31. The number of nitrogens with one attached hydrogen (secondary N) is 1. The summed E-state index contributed by atoms with van der Waals surface area (Å²) >= 11 is 2.17. The molecule has 5 nitrogen and oxygen atoms in total. The van der Waals surface area contributed by atoms with E-state index >= 15 is 0 Å². The highest BCUT2D eigenvalue weighted by atomic mass is 127. The standard InChI is InChI=1S/C11H12IN5/c1-13-5-8(6-14-2)9-7-16-11-10(12)15-3-4-17(9)11/h3-7,13H,1-2H3/b8-5+,14-6-. The van der Waals surface area contributed by atoms with E-state index < -0.39 is 0 Å². The zero-order valence-corrected chi connectivity index (χ0v) is 11.7. The van der Waals surface area contributed by atoms with E-state index in [0.29, 0.717) is 0 Å². The van der Waals surface area contributed by atoms with E-state index in [0.717, 1.165) is 20.6 Å². The third-order valence-electron chi connectivity index (χ3n) is 2.25. The van der Waals surface area contributed by atoms with Crippen LogP contribution in [0.1, 0.15) is 5.69 Å². The van der Waals surface area contributed by atoms with Gasteiger partial charge in [0.25, 0.3) is 0 Å². The molecule has 2 rings (SSSR count). The lowest BCUT2D eigenvalue weighted by atomic mass is 10.2. The van der Waals surface area contributed by atoms with Gasteiger partial charge >= 0.3 is 0 Å². The summed E-state index contributed by atoms with van der Waals surface area (Å²) in [6.45, 7) is 0. The molecule has 0 bridgehead atoms. The lowest BCUT2D eigenvalue weighted by Gasteiger charge is -2.02. The van der Waals surface area contributed by atoms with Crippen LogP contribution < -0.4 is 5.32 Å². The SMILES string of the molecule is C/N=C\C(=C/NC)c1cnc2c(I)nccn12. The Morgan fingerprint density at radius 3 is 3.06 bits per heavy atom. The van der Waals surface area contributed by atoms with Gasteiger partial charge in [-0.15, -0.1) is 0 Å². The van der Waals surface area contributed by atoms with E-state index in [9.17, 15) is 0 Å². The van der Waals surface area contributed by atoms with Gasteiger partial charge in [-0.05, 0) is 22.6 Å². The van der Waals surface area contributed by atoms with Crippen molar-refractivity contribution in [3.8, 4) is 0 Å². The van der Waals surface area contributed by atoms with Gasteiger partial charge in [0.1, 0.15) is 3.70 Å². The van der Waals surface area contributed by atoms with Crippen molar-refractivity contribution in [3.63, 3.8) is 0 Å². The fourth-order valence-electron chi connectivity index (χ4n) is 1.57. The molecule has 0 unspecified atom stereocenters. The fraction of sp³-hybridized carbons (Fsp3) is 0.182. The molecule has 2 aromatic heterocycles. The van der Waals surface area contributed by atoms with Gasteiger partial charge < -0.3 is 5.32 Å². The van der Waals surface area contributed by atoms with Crippen LogP contribution in [0.5, 0.6) is 0 Å². The maximum absolute atomic E-state index is 4.37. The lowest BCUT2D eigenvalue weighted by Crippen LogP contribution is -2.01. The van der Waals surface area contributed by atoms with Gasteiger partial charge in [-0.2, -0.15) is 0 Å². The van der Waals surface area contributed by atoms with Crippen LogP contribution in [-0.2, 0) is 0 Å². The first-order valence-corrected chi connectivity index (χ1v) is 6.13. The van der Waals surface area contributed by atoms with Crippen LogP contribution in [0, 0.1) is 3.70 Å². The van der Waals surface area contributed by atoms with Crippen LogP contribution in [0.2, 0.25) is 0 Å². The summed E-state index contributed by atoms with van der Waals surface area (Å²) in [5.74, 6) is 0. The van der Waals surface area contributed by atoms with Gasteiger partial charge in [0.2, 0.25) is 0 Å². The van der Waals surface area contributed by atoms with E-state index in [1.807, 2.05) is 30.0 Å². The number of rotatable bonds is 3. The molecule has 2 aromatic rings. The molecule has 0 spiro atoms. The van der Waals surface area contributed by atoms with Crippen molar-refractivity contribution < 1.29 is 0 Å². The first-order valence-electron chi connectivity index (χ1n) is 5.05. The Morgan fingerprint density at radius 2 is 2.35 bits per heavy atom. The van der Waals surface area contributed by atoms with Crippen molar-refractivity contribution >= 4 is 40.0 Å². The van der Waals surface area contributed by atoms with Crippen molar-refractivity contribution in [3.05, 3.63) is 34.2 Å². The molecular formula is C11H12IN5. The van der Waals surface area contributed by atoms with Crippen LogP contribution in [0.25, 0.3) is 11.2 Å². The highest BCUT2D eigenvalue weighted by Crippen LogP contribution is 2.16. The molecule has 0 radical (unpaired) electrons. The van der Waals surface area contributed by atoms with Crippen molar-refractivity contribution in [2.24, 2.45) is 4.99 Å². The summed E-state index contributed by atoms with van der Waals surface area (Å²) in [4.78, 5) is 12.6. The number of aromatic nitrogens is 3. The van der Waals surface area contributed by atoms with Crippen molar-refractivity contribution in [1.82, 2.24) is 19.7 Å². The second-order valence-electron chi connectivity index (χ2n) is 3.33. The number of fused-ring (bicyclic) bond motifs is 1. The molecule has 88 valence electrons. The summed E-state index contributed by atoms with van der Waals surface area (Å²) in [5.41, 5.74) is 2.82. The molecule has 0 aliphatic carbocycles. The lowest BCUT2D eigenvalue weighted by molar-refractivity contribution is 1.08. The summed E-state index contributed by atoms with van der Waals surface area (Å²) < 4.78 is 2.88. The monoisotopic (exact) mass is 341 g/mol. The molecule has 0 amide bonds. The van der Waals surface area contributed by atoms with Crippen molar-refractivity contribution in [2.45, 2.75) is 0 Å². The van der Waals surface area contributed by atoms with Gasteiger partial charge in [0, 0.05) is 44.5 Å². The van der Waals surface area contributed by atoms with Crippen LogP contribution in [0.3, 0.4) is 0 Å². The van der Waals surface area contributed by atoms with E-state index in [-0.39, 0.29) is 0 Å². The first kappa shape index (κ1) is 12.0. The minimum Gasteiger partial charge on any atom is -0.393 e. The van der Waals surface area contributed by atoms with Crippen molar-refractivity contribution in [1.29, 1.82) is 0 Å². The van der Waals surface area contributed by atoms with Crippen molar-refractivity contribution in [2.75, 3.05) is 14.1 Å². The normalized spacial score (nSPS) is 12.5. The third-order valence-corrected chi connectivity index (χ3v) is 3.01. The highest BCUT2D eigenvalue weighted by Gasteiger charge is 2.09. The number of hydrogen-bond donors (Lipinski definition) is 1. The molecule has 0 saturated carbocycles. The number of halogens is 1. The molecule has 0 fully saturated rings. The fourth-order valence-corrected chi connectivity index (χ4v) is 2.13. The summed E-state index contributed by atoms with van der Waals surface area (Å²) in [6, 6.07) is 0. The first-order chi connectivity index (χ1) is 8.27. The molecule has 0 aliphatic heterocycles. The molecule has 0 aromatic carbocycles. The van der Waals surface area contributed by atoms with Crippen LogP contribution >= 0.6 is 22.6 Å². The number of hydrogen-bond acceptors (Lipinski definition) is 4. The predicted molar refractivity (Wildman–Crippen MR) is 77.2 cm³/mol. The Kier molecular flexibility index (Phi) is 3.72. The van der Waals surface area contributed by atoms with Gasteiger partial charge in [0.15, 0.2) is 5.65 Å². The van der Waals surface area contributed by atoms with Gasteiger partial charge in [-0.25, -0.2) is 9.97 Å². The molecule has 0 aliphatic rings. The van der Waals surface area contributed by atoms with Gasteiger partial charge in [-0.1, -0.05) is 0 Å². The molecule has 2 heterocycles. The molecule has 17 heavy (non-hydrogen) atoms. The largest absolute Gasteiger partial charge is 0.393 e. The molecule has 1 N–H and O–H groups in total. The zero-order valence-electron chi connectivity index (χ0n) is 9.55. The van der Waals surface area contributed by atoms with E-state index in [4.69, 9.17) is 0 Å². The minimum absolute atomic E-state index is 0.856. The predicted octanol–water partition coefficient (Wildman–Crippen LogP) is 1.59.